The minimum atomic E-state index is -0.237. The molecule has 134 valence electrons. The molecule has 0 amide bonds. The highest BCUT2D eigenvalue weighted by atomic mass is 35.5. The molecule has 0 saturated heterocycles. The topological polar surface area (TPSA) is 28.7 Å². The molecule has 1 aromatic heterocycles. The maximum Gasteiger partial charge on any atom is 0.131 e. The Bertz CT molecular complexity index is 975. The lowest BCUT2D eigenvalue weighted by Gasteiger charge is -2.14. The van der Waals surface area contributed by atoms with Gasteiger partial charge in [0.05, 0.1) is 16.9 Å². The Kier molecular flexibility index (Phi) is 5.52. The largest absolute Gasteiger partial charge is 0.338 e. The number of rotatable bonds is 3. The van der Waals surface area contributed by atoms with Gasteiger partial charge in [0.25, 0.3) is 0 Å². The third-order valence-electron chi connectivity index (χ3n) is 4.61. The molecule has 1 aliphatic carbocycles. The van der Waals surface area contributed by atoms with Crippen molar-refractivity contribution < 1.29 is 8.78 Å². The number of nitrogens with zero attached hydrogens (tertiary/aromatic N) is 1. The number of halogens is 3. The Labute approximate surface area is 157 Å². The van der Waals surface area contributed by atoms with Crippen LogP contribution in [0.1, 0.15) is 25.1 Å². The number of aromatic nitrogens is 2. The second kappa shape index (κ2) is 7.83. The van der Waals surface area contributed by atoms with Crippen molar-refractivity contribution in [1.82, 2.24) is 9.97 Å². The summed E-state index contributed by atoms with van der Waals surface area (Å²) in [6, 6.07) is 12.4. The van der Waals surface area contributed by atoms with Crippen molar-refractivity contribution in [3.05, 3.63) is 72.1 Å². The highest BCUT2D eigenvalue weighted by Crippen LogP contribution is 2.27. The van der Waals surface area contributed by atoms with Gasteiger partial charge in [-0.15, -0.1) is 12.4 Å². The lowest BCUT2D eigenvalue weighted by molar-refractivity contribution is 0.481. The van der Waals surface area contributed by atoms with E-state index in [0.29, 0.717) is 17.9 Å². The average molecular weight is 373 g/mol. The number of hydrogen-bond acceptors (Lipinski definition) is 1. The Morgan fingerprint density at radius 2 is 1.96 bits per heavy atom. The maximum absolute atomic E-state index is 14.0. The zero-order valence-corrected chi connectivity index (χ0v) is 14.9. The van der Waals surface area contributed by atoms with Gasteiger partial charge >= 0.3 is 0 Å². The summed E-state index contributed by atoms with van der Waals surface area (Å²) in [4.78, 5) is 7.81. The monoisotopic (exact) mass is 372 g/mol. The number of H-pyrrole nitrogens is 1. The van der Waals surface area contributed by atoms with Gasteiger partial charge in [0, 0.05) is 5.56 Å². The fraction of sp³-hybridized carbons (Fsp3) is 0.190. The van der Waals surface area contributed by atoms with E-state index in [9.17, 15) is 8.78 Å². The number of hydrogen-bond donors (Lipinski definition) is 1. The number of aromatic amines is 1. The zero-order chi connectivity index (χ0) is 17.2. The first-order valence-electron chi connectivity index (χ1n) is 8.46. The molecule has 0 aliphatic heterocycles. The molecule has 26 heavy (non-hydrogen) atoms. The van der Waals surface area contributed by atoms with Crippen LogP contribution in [-0.2, 0) is 0 Å². The molecule has 1 atom stereocenters. The van der Waals surface area contributed by atoms with E-state index in [-0.39, 0.29) is 24.1 Å². The number of fused-ring (bicyclic) bond motifs is 1. The number of benzene rings is 2. The quantitative estimate of drug-likeness (QED) is 0.561. The summed E-state index contributed by atoms with van der Waals surface area (Å²) >= 11 is 0. The molecular weight excluding hydrogens is 354 g/mol. The molecule has 4 rings (SSSR count). The maximum atomic E-state index is 14.0. The summed E-state index contributed by atoms with van der Waals surface area (Å²) in [5.74, 6) is 0.866. The predicted octanol–water partition coefficient (Wildman–Crippen LogP) is 6.46. The number of allylic oxidation sites excluding steroid dienone is 3. The van der Waals surface area contributed by atoms with Gasteiger partial charge < -0.3 is 4.98 Å². The van der Waals surface area contributed by atoms with Gasteiger partial charge in [0.2, 0.25) is 0 Å². The van der Waals surface area contributed by atoms with E-state index in [1.54, 1.807) is 18.2 Å². The Balaban J connectivity index is 0.00000196. The smallest absolute Gasteiger partial charge is 0.131 e. The molecule has 1 heterocycles. The van der Waals surface area contributed by atoms with Crippen LogP contribution in [-0.4, -0.2) is 9.97 Å². The van der Waals surface area contributed by atoms with E-state index in [0.717, 1.165) is 35.3 Å². The predicted molar refractivity (Wildman–Crippen MR) is 104 cm³/mol. The first-order valence-corrected chi connectivity index (χ1v) is 8.46. The van der Waals surface area contributed by atoms with Crippen molar-refractivity contribution in [3.63, 3.8) is 0 Å². The van der Waals surface area contributed by atoms with Crippen LogP contribution in [0, 0.1) is 11.7 Å². The average Bonchev–Trinajstić information content (AvgIpc) is 3.04. The molecular formula is C21H19ClF2N2. The molecule has 0 spiro atoms. The molecule has 1 N–H and O–H groups in total. The minimum absolute atomic E-state index is 0. The summed E-state index contributed by atoms with van der Waals surface area (Å²) in [5.41, 5.74) is 3.11. The van der Waals surface area contributed by atoms with Crippen LogP contribution >= 0.6 is 12.4 Å². The summed E-state index contributed by atoms with van der Waals surface area (Å²) in [5, 5.41) is 0. The number of imidazole rings is 1. The van der Waals surface area contributed by atoms with Crippen LogP contribution < -0.4 is 0 Å². The standard InChI is InChI=1S/C21H18F2N2.ClH/c22-16-9-5-14(6-10-16)7-12-21-24-19-11-8-15(13-20(19)25-21)17-3-1-2-4-18(17)23;/h1-4,7-9,11-14H,5-6,10H2,(H,24,25);1H. The summed E-state index contributed by atoms with van der Waals surface area (Å²) in [6.07, 6.45) is 7.78. The molecule has 2 nitrogen and oxygen atoms in total. The van der Waals surface area contributed by atoms with Crippen molar-refractivity contribution in [2.45, 2.75) is 19.3 Å². The van der Waals surface area contributed by atoms with Crippen LogP contribution in [0.5, 0.6) is 0 Å². The van der Waals surface area contributed by atoms with Crippen LogP contribution in [0.3, 0.4) is 0 Å². The van der Waals surface area contributed by atoms with E-state index in [1.165, 1.54) is 6.07 Å². The van der Waals surface area contributed by atoms with Crippen molar-refractivity contribution in [2.75, 3.05) is 0 Å². The molecule has 0 radical (unpaired) electrons. The normalized spacial score (nSPS) is 17.3. The Hall–Kier alpha value is -2.46. The highest BCUT2D eigenvalue weighted by Gasteiger charge is 2.12. The lowest BCUT2D eigenvalue weighted by atomic mass is 9.93. The molecule has 1 aliphatic rings. The first kappa shape index (κ1) is 18.3. The van der Waals surface area contributed by atoms with Crippen molar-refractivity contribution >= 4 is 29.5 Å². The fourth-order valence-electron chi connectivity index (χ4n) is 3.20. The highest BCUT2D eigenvalue weighted by molar-refractivity contribution is 5.85. The lowest BCUT2D eigenvalue weighted by Crippen LogP contribution is -2.00. The van der Waals surface area contributed by atoms with Gasteiger partial charge in [-0.2, -0.15) is 0 Å². The second-order valence-electron chi connectivity index (χ2n) is 6.38. The number of nitrogens with one attached hydrogen (secondary N) is 1. The van der Waals surface area contributed by atoms with Gasteiger partial charge in [-0.25, -0.2) is 13.8 Å². The van der Waals surface area contributed by atoms with Gasteiger partial charge in [-0.05, 0) is 55.0 Å². The van der Waals surface area contributed by atoms with Crippen LogP contribution in [0.15, 0.2) is 60.4 Å². The molecule has 0 fully saturated rings. The van der Waals surface area contributed by atoms with Crippen molar-refractivity contribution in [2.24, 2.45) is 5.92 Å². The van der Waals surface area contributed by atoms with Crippen LogP contribution in [0.4, 0.5) is 8.78 Å². The van der Waals surface area contributed by atoms with Crippen LogP contribution in [0.25, 0.3) is 28.2 Å². The Morgan fingerprint density at radius 1 is 1.12 bits per heavy atom. The molecule has 3 aromatic rings. The van der Waals surface area contributed by atoms with Crippen molar-refractivity contribution in [1.29, 1.82) is 0 Å². The molecule has 0 saturated carbocycles. The van der Waals surface area contributed by atoms with Gasteiger partial charge in [0.1, 0.15) is 11.6 Å². The zero-order valence-electron chi connectivity index (χ0n) is 14.1. The molecule has 5 heteroatoms. The van der Waals surface area contributed by atoms with E-state index >= 15 is 0 Å². The summed E-state index contributed by atoms with van der Waals surface area (Å²) < 4.78 is 27.0. The van der Waals surface area contributed by atoms with E-state index in [1.807, 2.05) is 30.3 Å². The van der Waals surface area contributed by atoms with E-state index < -0.39 is 0 Å². The summed E-state index contributed by atoms with van der Waals surface area (Å²) in [7, 11) is 0. The van der Waals surface area contributed by atoms with Gasteiger partial charge in [0.15, 0.2) is 0 Å². The summed E-state index contributed by atoms with van der Waals surface area (Å²) in [6.45, 7) is 0. The minimum Gasteiger partial charge on any atom is -0.338 e. The fourth-order valence-corrected chi connectivity index (χ4v) is 3.20. The Morgan fingerprint density at radius 3 is 2.73 bits per heavy atom. The van der Waals surface area contributed by atoms with Gasteiger partial charge in [-0.3, -0.25) is 0 Å². The van der Waals surface area contributed by atoms with Crippen molar-refractivity contribution in [3.8, 4) is 11.1 Å². The third kappa shape index (κ3) is 3.86. The van der Waals surface area contributed by atoms with E-state index in [2.05, 4.69) is 16.0 Å². The molecule has 2 aromatic carbocycles. The SMILES string of the molecule is Cl.FC1=CCC(C=Cc2nc3ccc(-c4ccccc4F)cc3[nH]2)CC1. The van der Waals surface area contributed by atoms with E-state index in [4.69, 9.17) is 0 Å². The second-order valence-corrected chi connectivity index (χ2v) is 6.38. The van der Waals surface area contributed by atoms with Crippen LogP contribution in [0.2, 0.25) is 0 Å². The first-order chi connectivity index (χ1) is 12.2. The molecule has 1 unspecified atom stereocenters. The third-order valence-corrected chi connectivity index (χ3v) is 4.61. The van der Waals surface area contributed by atoms with Gasteiger partial charge in [-0.1, -0.05) is 36.4 Å². The molecule has 0 bridgehead atoms.